The molecule has 0 spiro atoms. The number of carbonyl (C=O) groups is 1. The smallest absolute Gasteiger partial charge is 0.222 e. The maximum absolute atomic E-state index is 12.1. The Labute approximate surface area is 139 Å². The van der Waals surface area contributed by atoms with Crippen molar-refractivity contribution in [3.8, 4) is 5.75 Å². The van der Waals surface area contributed by atoms with E-state index in [0.717, 1.165) is 50.6 Å². The molecule has 4 nitrogen and oxygen atoms in total. The zero-order valence-electron chi connectivity index (χ0n) is 13.3. The molecule has 124 valence electrons. The van der Waals surface area contributed by atoms with Crippen LogP contribution in [-0.4, -0.2) is 44.1 Å². The molecular formula is C17H27ClN2O2. The van der Waals surface area contributed by atoms with Crippen molar-refractivity contribution in [3.63, 3.8) is 0 Å². The molecule has 1 saturated heterocycles. The molecule has 1 aromatic carbocycles. The van der Waals surface area contributed by atoms with Gasteiger partial charge < -0.3 is 15.0 Å². The third-order valence-electron chi connectivity index (χ3n) is 4.01. The van der Waals surface area contributed by atoms with Gasteiger partial charge in [-0.15, -0.1) is 12.4 Å². The van der Waals surface area contributed by atoms with E-state index in [-0.39, 0.29) is 18.3 Å². The Hall–Kier alpha value is -1.26. The van der Waals surface area contributed by atoms with Crippen molar-refractivity contribution in [2.75, 3.05) is 33.3 Å². The first-order chi connectivity index (χ1) is 10.3. The maximum Gasteiger partial charge on any atom is 0.222 e. The van der Waals surface area contributed by atoms with E-state index in [2.05, 4.69) is 5.32 Å². The van der Waals surface area contributed by atoms with Gasteiger partial charge in [-0.2, -0.15) is 0 Å². The minimum Gasteiger partial charge on any atom is -0.494 e. The molecule has 1 fully saturated rings. The van der Waals surface area contributed by atoms with Crippen LogP contribution in [0.2, 0.25) is 0 Å². The second-order valence-electron chi connectivity index (χ2n) is 5.65. The van der Waals surface area contributed by atoms with Crippen LogP contribution in [-0.2, 0) is 4.79 Å². The number of ether oxygens (including phenoxy) is 1. The predicted molar refractivity (Wildman–Crippen MR) is 91.6 cm³/mol. The Morgan fingerprint density at radius 1 is 1.27 bits per heavy atom. The molecule has 2 rings (SSSR count). The van der Waals surface area contributed by atoms with Gasteiger partial charge in [-0.25, -0.2) is 0 Å². The van der Waals surface area contributed by atoms with Crippen LogP contribution in [0, 0.1) is 5.92 Å². The van der Waals surface area contributed by atoms with Crippen LogP contribution < -0.4 is 10.1 Å². The van der Waals surface area contributed by atoms with Crippen molar-refractivity contribution in [2.24, 2.45) is 5.92 Å². The second-order valence-corrected chi connectivity index (χ2v) is 5.65. The molecule has 0 saturated carbocycles. The zero-order chi connectivity index (χ0) is 14.9. The van der Waals surface area contributed by atoms with E-state index in [4.69, 9.17) is 4.74 Å². The fourth-order valence-electron chi connectivity index (χ4n) is 2.76. The summed E-state index contributed by atoms with van der Waals surface area (Å²) in [4.78, 5) is 14.1. The highest BCUT2D eigenvalue weighted by atomic mass is 35.5. The van der Waals surface area contributed by atoms with Crippen molar-refractivity contribution in [1.82, 2.24) is 10.2 Å². The van der Waals surface area contributed by atoms with Gasteiger partial charge in [0.25, 0.3) is 0 Å². The number of hydrogen-bond acceptors (Lipinski definition) is 3. The largest absolute Gasteiger partial charge is 0.494 e. The standard InChI is InChI=1S/C17H26N2O2.ClH/c1-18-14-15-9-11-19(12-10-15)17(20)8-5-13-21-16-6-3-2-4-7-16;/h2-4,6-7,15,18H,5,8-14H2,1H3;1H. The van der Waals surface area contributed by atoms with Crippen LogP contribution >= 0.6 is 12.4 Å². The average molecular weight is 327 g/mol. The third kappa shape index (κ3) is 6.24. The average Bonchev–Trinajstić information content (AvgIpc) is 2.53. The lowest BCUT2D eigenvalue weighted by Gasteiger charge is -2.32. The normalized spacial score (nSPS) is 15.2. The molecule has 1 aromatic rings. The molecule has 1 heterocycles. The number of nitrogens with zero attached hydrogens (tertiary/aromatic N) is 1. The fraction of sp³-hybridized carbons (Fsp3) is 0.588. The van der Waals surface area contributed by atoms with E-state index >= 15 is 0 Å². The minimum atomic E-state index is 0. The van der Waals surface area contributed by atoms with Crippen LogP contribution in [0.3, 0.4) is 0 Å². The molecule has 0 aliphatic carbocycles. The molecule has 1 aliphatic rings. The molecule has 1 amide bonds. The third-order valence-corrected chi connectivity index (χ3v) is 4.01. The first-order valence-corrected chi connectivity index (χ1v) is 7.90. The number of nitrogens with one attached hydrogen (secondary N) is 1. The zero-order valence-corrected chi connectivity index (χ0v) is 14.1. The Bertz CT molecular complexity index is 420. The van der Waals surface area contributed by atoms with E-state index in [1.165, 1.54) is 0 Å². The Morgan fingerprint density at radius 3 is 2.59 bits per heavy atom. The van der Waals surface area contributed by atoms with Gasteiger partial charge in [0.2, 0.25) is 5.91 Å². The van der Waals surface area contributed by atoms with Crippen molar-refractivity contribution >= 4 is 18.3 Å². The number of hydrogen-bond donors (Lipinski definition) is 1. The van der Waals surface area contributed by atoms with Gasteiger partial charge >= 0.3 is 0 Å². The highest BCUT2D eigenvalue weighted by molar-refractivity contribution is 5.85. The van der Waals surface area contributed by atoms with E-state index in [1.807, 2.05) is 42.3 Å². The number of piperidine rings is 1. The highest BCUT2D eigenvalue weighted by Gasteiger charge is 2.21. The molecule has 0 unspecified atom stereocenters. The van der Waals surface area contributed by atoms with Crippen molar-refractivity contribution in [3.05, 3.63) is 30.3 Å². The lowest BCUT2D eigenvalue weighted by Crippen LogP contribution is -2.40. The van der Waals surface area contributed by atoms with Crippen molar-refractivity contribution < 1.29 is 9.53 Å². The lowest BCUT2D eigenvalue weighted by molar-refractivity contribution is -0.132. The van der Waals surface area contributed by atoms with Gasteiger partial charge in [-0.05, 0) is 50.9 Å². The molecule has 0 radical (unpaired) electrons. The van der Waals surface area contributed by atoms with Crippen LogP contribution in [0.1, 0.15) is 25.7 Å². The van der Waals surface area contributed by atoms with Crippen LogP contribution in [0.25, 0.3) is 0 Å². The van der Waals surface area contributed by atoms with Gasteiger partial charge in [0.1, 0.15) is 5.75 Å². The van der Waals surface area contributed by atoms with Crippen LogP contribution in [0.5, 0.6) is 5.75 Å². The minimum absolute atomic E-state index is 0. The number of likely N-dealkylation sites (tertiary alicyclic amines) is 1. The second kappa shape index (κ2) is 10.5. The molecule has 1 aliphatic heterocycles. The lowest BCUT2D eigenvalue weighted by atomic mass is 9.96. The molecule has 0 aromatic heterocycles. The molecule has 0 atom stereocenters. The van der Waals surface area contributed by atoms with E-state index in [0.29, 0.717) is 13.0 Å². The maximum atomic E-state index is 12.1. The summed E-state index contributed by atoms with van der Waals surface area (Å²) in [5.74, 6) is 1.87. The number of amides is 1. The van der Waals surface area contributed by atoms with E-state index in [1.54, 1.807) is 0 Å². The predicted octanol–water partition coefficient (Wildman–Crippen LogP) is 2.73. The summed E-state index contributed by atoms with van der Waals surface area (Å²) >= 11 is 0. The van der Waals surface area contributed by atoms with Gasteiger partial charge in [0.05, 0.1) is 6.61 Å². The quantitative estimate of drug-likeness (QED) is 0.783. The highest BCUT2D eigenvalue weighted by Crippen LogP contribution is 2.17. The van der Waals surface area contributed by atoms with E-state index < -0.39 is 0 Å². The van der Waals surface area contributed by atoms with E-state index in [9.17, 15) is 4.79 Å². The van der Waals surface area contributed by atoms with Crippen LogP contribution in [0.4, 0.5) is 0 Å². The summed E-state index contributed by atoms with van der Waals surface area (Å²) < 4.78 is 5.61. The van der Waals surface area contributed by atoms with Gasteiger partial charge in [-0.3, -0.25) is 4.79 Å². The number of carbonyl (C=O) groups excluding carboxylic acids is 1. The SMILES string of the molecule is CNCC1CCN(C(=O)CCCOc2ccccc2)CC1.Cl. The number of para-hydroxylation sites is 1. The molecule has 1 N–H and O–H groups in total. The summed E-state index contributed by atoms with van der Waals surface area (Å²) in [6.07, 6.45) is 3.61. The summed E-state index contributed by atoms with van der Waals surface area (Å²) in [7, 11) is 1.99. The molecule has 5 heteroatoms. The van der Waals surface area contributed by atoms with Crippen LogP contribution in [0.15, 0.2) is 30.3 Å². The number of benzene rings is 1. The van der Waals surface area contributed by atoms with Crippen molar-refractivity contribution in [2.45, 2.75) is 25.7 Å². The molecular weight excluding hydrogens is 300 g/mol. The Kier molecular flexibility index (Phi) is 8.94. The van der Waals surface area contributed by atoms with Gasteiger partial charge in [-0.1, -0.05) is 18.2 Å². The monoisotopic (exact) mass is 326 g/mol. The fourth-order valence-corrected chi connectivity index (χ4v) is 2.76. The Balaban J connectivity index is 0.00000242. The summed E-state index contributed by atoms with van der Waals surface area (Å²) in [5, 5.41) is 3.22. The summed E-state index contributed by atoms with van der Waals surface area (Å²) in [6.45, 7) is 3.48. The van der Waals surface area contributed by atoms with Gasteiger partial charge in [0, 0.05) is 19.5 Å². The van der Waals surface area contributed by atoms with Crippen molar-refractivity contribution in [1.29, 1.82) is 0 Å². The first kappa shape index (κ1) is 18.8. The van der Waals surface area contributed by atoms with Gasteiger partial charge in [0.15, 0.2) is 0 Å². The Morgan fingerprint density at radius 2 is 1.95 bits per heavy atom. The molecule has 0 bridgehead atoms. The topological polar surface area (TPSA) is 41.6 Å². The summed E-state index contributed by atoms with van der Waals surface area (Å²) in [5.41, 5.74) is 0. The number of rotatable bonds is 7. The summed E-state index contributed by atoms with van der Waals surface area (Å²) in [6, 6.07) is 9.75. The first-order valence-electron chi connectivity index (χ1n) is 7.90. The number of halogens is 1. The molecule has 22 heavy (non-hydrogen) atoms.